The van der Waals surface area contributed by atoms with Gasteiger partial charge in [-0.15, -0.1) is 11.3 Å². The van der Waals surface area contributed by atoms with Gasteiger partial charge in [0.25, 0.3) is 0 Å². The van der Waals surface area contributed by atoms with Gasteiger partial charge in [0.1, 0.15) is 11.2 Å². The van der Waals surface area contributed by atoms with Gasteiger partial charge in [0.05, 0.1) is 33.7 Å². The summed E-state index contributed by atoms with van der Waals surface area (Å²) in [5.41, 5.74) is 10.00. The minimum absolute atomic E-state index is 0.00130. The summed E-state index contributed by atoms with van der Waals surface area (Å²) < 4.78 is 11.8. The maximum Gasteiger partial charge on any atom is 0.163 e. The SMILES string of the molecule is CC1C/C=C(\c2ccccc2)N=C(c2cccc3c2oc2ccccc23)N=C1c1c(-n2c3cc4ccccc4cc3c3cc4ccccc4cc32)ccc2sc3cc4ccccc4cc3c12. The third kappa shape index (κ3) is 5.70. The Morgan fingerprint density at radius 2 is 1.11 bits per heavy atom. The average Bonchev–Trinajstić information content (AvgIpc) is 4.02. The van der Waals surface area contributed by atoms with Crippen molar-refractivity contribution in [3.63, 3.8) is 0 Å². The van der Waals surface area contributed by atoms with Crippen molar-refractivity contribution in [3.05, 3.63) is 217 Å². The number of amidine groups is 1. The normalized spacial score (nSPS) is 15.6. The Morgan fingerprint density at radius 1 is 0.515 bits per heavy atom. The fourth-order valence-corrected chi connectivity index (χ4v) is 11.7. The number of thiophene rings is 1. The Balaban J connectivity index is 1.14. The summed E-state index contributed by atoms with van der Waals surface area (Å²) in [5, 5.41) is 14.3. The molecule has 0 radical (unpaired) electrons. The van der Waals surface area contributed by atoms with E-state index in [0.29, 0.717) is 5.84 Å². The molecule has 4 heterocycles. The number of hydrogen-bond acceptors (Lipinski definition) is 4. The smallest absolute Gasteiger partial charge is 0.163 e. The predicted octanol–water partition coefficient (Wildman–Crippen LogP) is 16.8. The van der Waals surface area contributed by atoms with Crippen LogP contribution in [0.25, 0.3) is 108 Å². The molecule has 0 aliphatic carbocycles. The third-order valence-corrected chi connectivity index (χ3v) is 14.9. The maximum atomic E-state index is 6.75. The summed E-state index contributed by atoms with van der Waals surface area (Å²) in [7, 11) is 0. The van der Waals surface area contributed by atoms with Crippen LogP contribution in [-0.4, -0.2) is 16.1 Å². The Bertz CT molecular complexity index is 4180. The second-order valence-corrected chi connectivity index (χ2v) is 18.8. The van der Waals surface area contributed by atoms with Crippen LogP contribution in [0.4, 0.5) is 0 Å². The standard InChI is InChI=1S/C61H39N3OS/c1-36-26-27-50(37-14-3-2-4-15-37)62-61(46-24-13-23-45-44-22-11-12-25-54(44)65-60(45)46)63-59(36)58-51(28-29-55-57(58)49-32-40-18-7-10-21-43(40)35-56(49)66-55)64-52-33-41-19-8-5-16-38(41)30-47(52)48-31-39-17-6-9-20-42(39)34-53(48)64/h2-25,27-36H,26H2,1H3/b50-27+,62-61?,63-59?. The fraction of sp³-hybridized carbons (Fsp3) is 0.0492. The molecule has 0 N–H and O–H groups in total. The number of fused-ring (bicyclic) bond motifs is 12. The predicted molar refractivity (Wildman–Crippen MR) is 281 cm³/mol. The van der Waals surface area contributed by atoms with E-state index in [4.69, 9.17) is 14.4 Å². The zero-order valence-corrected chi connectivity index (χ0v) is 36.8. The van der Waals surface area contributed by atoms with Crippen LogP contribution >= 0.6 is 11.3 Å². The van der Waals surface area contributed by atoms with E-state index in [2.05, 4.69) is 200 Å². The summed E-state index contributed by atoms with van der Waals surface area (Å²) in [4.78, 5) is 11.5. The lowest BCUT2D eigenvalue weighted by atomic mass is 9.89. The van der Waals surface area contributed by atoms with Gasteiger partial charge in [0.15, 0.2) is 5.84 Å². The largest absolute Gasteiger partial charge is 0.455 e. The number of allylic oxidation sites excluding steroid dienone is 1. The van der Waals surface area contributed by atoms with Crippen molar-refractivity contribution in [2.75, 3.05) is 0 Å². The van der Waals surface area contributed by atoms with E-state index in [-0.39, 0.29) is 5.92 Å². The summed E-state index contributed by atoms with van der Waals surface area (Å²) >= 11 is 1.86. The van der Waals surface area contributed by atoms with Crippen molar-refractivity contribution >= 4 is 125 Å². The van der Waals surface area contributed by atoms with E-state index < -0.39 is 0 Å². The van der Waals surface area contributed by atoms with Gasteiger partial charge in [-0.05, 0) is 105 Å². The van der Waals surface area contributed by atoms with E-state index in [1.165, 1.54) is 63.3 Å². The second-order valence-electron chi connectivity index (χ2n) is 17.7. The molecular weight excluding hydrogens is 823 g/mol. The monoisotopic (exact) mass is 861 g/mol. The van der Waals surface area contributed by atoms with Crippen LogP contribution in [0.15, 0.2) is 215 Å². The Kier molecular flexibility index (Phi) is 8.16. The topological polar surface area (TPSA) is 42.8 Å². The summed E-state index contributed by atoms with van der Waals surface area (Å²) in [6, 6.07) is 70.3. The van der Waals surface area contributed by atoms with Crippen LogP contribution < -0.4 is 0 Å². The molecule has 0 amide bonds. The maximum absolute atomic E-state index is 6.75. The van der Waals surface area contributed by atoms with Crippen LogP contribution in [0.1, 0.15) is 30.0 Å². The highest BCUT2D eigenvalue weighted by Crippen LogP contribution is 2.45. The first kappa shape index (κ1) is 37.3. The zero-order chi connectivity index (χ0) is 43.5. The van der Waals surface area contributed by atoms with Gasteiger partial charge >= 0.3 is 0 Å². The first-order valence-electron chi connectivity index (χ1n) is 22.7. The van der Waals surface area contributed by atoms with Crippen molar-refractivity contribution in [1.82, 2.24) is 4.57 Å². The molecule has 14 rings (SSSR count). The van der Waals surface area contributed by atoms with Gasteiger partial charge < -0.3 is 8.98 Å². The van der Waals surface area contributed by atoms with Crippen LogP contribution in [0, 0.1) is 5.92 Å². The molecule has 310 valence electrons. The van der Waals surface area contributed by atoms with Gasteiger partial charge in [0, 0.05) is 53.2 Å². The molecule has 1 aliphatic rings. The van der Waals surface area contributed by atoms with Crippen LogP contribution in [0.2, 0.25) is 0 Å². The van der Waals surface area contributed by atoms with E-state index in [9.17, 15) is 0 Å². The summed E-state index contributed by atoms with van der Waals surface area (Å²) in [5.74, 6) is 0.627. The van der Waals surface area contributed by atoms with Crippen molar-refractivity contribution in [1.29, 1.82) is 0 Å². The molecule has 1 aliphatic heterocycles. The molecule has 0 bridgehead atoms. The number of aliphatic imine (C=N–C) groups is 2. The highest BCUT2D eigenvalue weighted by Gasteiger charge is 2.28. The molecule has 4 nitrogen and oxygen atoms in total. The average molecular weight is 862 g/mol. The third-order valence-electron chi connectivity index (χ3n) is 13.8. The molecule has 0 saturated carbocycles. The lowest BCUT2D eigenvalue weighted by Gasteiger charge is -2.23. The first-order valence-corrected chi connectivity index (χ1v) is 23.5. The minimum atomic E-state index is -0.00130. The number of aromatic nitrogens is 1. The number of furan rings is 1. The molecule has 66 heavy (non-hydrogen) atoms. The summed E-state index contributed by atoms with van der Waals surface area (Å²) in [6.07, 6.45) is 3.06. The van der Waals surface area contributed by atoms with Gasteiger partial charge in [0.2, 0.25) is 0 Å². The zero-order valence-electron chi connectivity index (χ0n) is 36.0. The molecule has 3 aromatic heterocycles. The number of para-hydroxylation sites is 2. The highest BCUT2D eigenvalue weighted by atomic mass is 32.1. The number of nitrogens with zero attached hydrogens (tertiary/aromatic N) is 3. The van der Waals surface area contributed by atoms with E-state index in [1.54, 1.807) is 0 Å². The Labute approximate surface area is 383 Å². The molecule has 0 fully saturated rings. The fourth-order valence-electron chi connectivity index (χ4n) is 10.6. The van der Waals surface area contributed by atoms with Crippen LogP contribution in [0.3, 0.4) is 0 Å². The van der Waals surface area contributed by atoms with Crippen LogP contribution in [0.5, 0.6) is 0 Å². The van der Waals surface area contributed by atoms with Gasteiger partial charge in [-0.3, -0.25) is 0 Å². The molecular formula is C61H39N3OS. The van der Waals surface area contributed by atoms with Gasteiger partial charge in [-0.25, -0.2) is 9.98 Å². The second kappa shape index (κ2) is 14.4. The van der Waals surface area contributed by atoms with Crippen molar-refractivity contribution in [2.45, 2.75) is 13.3 Å². The highest BCUT2D eigenvalue weighted by molar-refractivity contribution is 7.26. The van der Waals surface area contributed by atoms with E-state index in [1.807, 2.05) is 23.5 Å². The molecule has 5 heteroatoms. The molecule has 0 saturated heterocycles. The quantitative estimate of drug-likeness (QED) is 0.174. The summed E-state index contributed by atoms with van der Waals surface area (Å²) in [6.45, 7) is 2.34. The first-order chi connectivity index (χ1) is 32.6. The number of rotatable bonds is 4. The number of hydrogen-bond donors (Lipinski definition) is 0. The van der Waals surface area contributed by atoms with E-state index >= 15 is 0 Å². The van der Waals surface area contributed by atoms with Crippen molar-refractivity contribution < 1.29 is 4.42 Å². The molecule has 13 aromatic rings. The molecule has 1 unspecified atom stereocenters. The van der Waals surface area contributed by atoms with E-state index in [0.717, 1.165) is 73.2 Å². The molecule has 10 aromatic carbocycles. The lowest BCUT2D eigenvalue weighted by Crippen LogP contribution is -2.19. The van der Waals surface area contributed by atoms with Crippen LogP contribution in [-0.2, 0) is 0 Å². The lowest BCUT2D eigenvalue weighted by molar-refractivity contribution is 0.668. The Hall–Kier alpha value is -8.12. The van der Waals surface area contributed by atoms with Crippen molar-refractivity contribution in [2.24, 2.45) is 15.9 Å². The van der Waals surface area contributed by atoms with Crippen molar-refractivity contribution in [3.8, 4) is 5.69 Å². The minimum Gasteiger partial charge on any atom is -0.455 e. The van der Waals surface area contributed by atoms with Gasteiger partial charge in [-0.2, -0.15) is 0 Å². The number of benzene rings is 10. The Morgan fingerprint density at radius 3 is 1.80 bits per heavy atom. The molecule has 0 spiro atoms. The van der Waals surface area contributed by atoms with Gasteiger partial charge in [-0.1, -0.05) is 146 Å². The molecule has 1 atom stereocenters.